The highest BCUT2D eigenvalue weighted by atomic mass is 32.5. The van der Waals surface area contributed by atoms with E-state index in [4.69, 9.17) is 26.5 Å². The molecule has 0 amide bonds. The molecule has 0 aliphatic carbocycles. The second kappa shape index (κ2) is 7.73. The van der Waals surface area contributed by atoms with Crippen molar-refractivity contribution in [3.63, 3.8) is 0 Å². The third kappa shape index (κ3) is 8.23. The summed E-state index contributed by atoms with van der Waals surface area (Å²) in [6.07, 6.45) is 0.139. The molecule has 0 heterocycles. The number of carbonyl (C=O) groups is 2. The van der Waals surface area contributed by atoms with Crippen LogP contribution in [0.15, 0.2) is 0 Å². The molecule has 0 rings (SSSR count). The van der Waals surface area contributed by atoms with Crippen LogP contribution in [0.4, 0.5) is 0 Å². The Morgan fingerprint density at radius 3 is 2.47 bits per heavy atom. The quantitative estimate of drug-likeness (QED) is 0.453. The summed E-state index contributed by atoms with van der Waals surface area (Å²) in [5.41, 5.74) is 0. The number of aliphatic carboxylic acids is 2. The van der Waals surface area contributed by atoms with E-state index in [9.17, 15) is 14.5 Å². The minimum absolute atomic E-state index is 0.168. The Labute approximate surface area is 104 Å². The number of carboxylic acid groups (broad SMARTS) is 2. The van der Waals surface area contributed by atoms with Crippen LogP contribution >= 0.6 is 6.64 Å². The van der Waals surface area contributed by atoms with Gasteiger partial charge < -0.3 is 19.6 Å². The maximum Gasteiger partial charge on any atom is 0.321 e. The Morgan fingerprint density at radius 1 is 1.47 bits per heavy atom. The summed E-state index contributed by atoms with van der Waals surface area (Å²) in [4.78, 5) is 30.8. The predicted molar refractivity (Wildman–Crippen MR) is 64.2 cm³/mol. The first kappa shape index (κ1) is 16.5. The monoisotopic (exact) mass is 285 g/mol. The smallest absolute Gasteiger partial charge is 0.321 e. The zero-order valence-electron chi connectivity index (χ0n) is 9.33. The normalized spacial score (nSPS) is 16.1. The first-order valence-corrected chi connectivity index (χ1v) is 7.65. The number of rotatable bonds is 9. The van der Waals surface area contributed by atoms with E-state index in [0.717, 1.165) is 0 Å². The van der Waals surface area contributed by atoms with Crippen molar-refractivity contribution in [1.82, 2.24) is 5.09 Å². The minimum Gasteiger partial charge on any atom is -0.481 e. The molecule has 0 aromatic heterocycles. The summed E-state index contributed by atoms with van der Waals surface area (Å²) in [7, 11) is 0. The molecule has 17 heavy (non-hydrogen) atoms. The van der Waals surface area contributed by atoms with Gasteiger partial charge in [-0.25, -0.2) is 5.09 Å². The molecular formula is C8H16NO6PS. The molecular weight excluding hydrogens is 269 g/mol. The standard InChI is InChI=1S/C8H16NO6PS/c1-2-5-15-16(14,17)9-6(8(12)13)3-4-7(10)11/h6H,2-5H2,1H3,(H,10,11)(H,12,13)(H2,9,14,17)/t6-,16?/m0/s1. The van der Waals surface area contributed by atoms with Crippen LogP contribution in [0.3, 0.4) is 0 Å². The molecule has 0 radical (unpaired) electrons. The molecule has 0 saturated carbocycles. The Morgan fingerprint density at radius 2 is 2.06 bits per heavy atom. The van der Waals surface area contributed by atoms with Crippen LogP contribution in [-0.4, -0.2) is 39.7 Å². The predicted octanol–water partition coefficient (Wildman–Crippen LogP) is 0.537. The van der Waals surface area contributed by atoms with Gasteiger partial charge in [-0.05, 0) is 24.6 Å². The second-order valence-corrected chi connectivity index (χ2v) is 6.35. The molecule has 2 atom stereocenters. The largest absolute Gasteiger partial charge is 0.481 e. The van der Waals surface area contributed by atoms with Gasteiger partial charge in [0.15, 0.2) is 0 Å². The molecule has 9 heteroatoms. The lowest BCUT2D eigenvalue weighted by atomic mass is 10.2. The average molecular weight is 285 g/mol. The van der Waals surface area contributed by atoms with Gasteiger partial charge >= 0.3 is 11.9 Å². The van der Waals surface area contributed by atoms with Crippen molar-refractivity contribution in [1.29, 1.82) is 0 Å². The summed E-state index contributed by atoms with van der Waals surface area (Å²) in [6, 6.07) is -1.22. The summed E-state index contributed by atoms with van der Waals surface area (Å²) in [5, 5.41) is 19.6. The summed E-state index contributed by atoms with van der Waals surface area (Å²) in [6.45, 7) is -1.34. The van der Waals surface area contributed by atoms with Gasteiger partial charge in [0.25, 0.3) is 6.64 Å². The molecule has 100 valence electrons. The molecule has 0 aromatic rings. The number of nitrogens with one attached hydrogen (secondary N) is 1. The fraction of sp³-hybridized carbons (Fsp3) is 0.750. The van der Waals surface area contributed by atoms with Gasteiger partial charge in [-0.1, -0.05) is 6.92 Å². The van der Waals surface area contributed by atoms with E-state index in [0.29, 0.717) is 6.42 Å². The molecule has 0 bridgehead atoms. The van der Waals surface area contributed by atoms with Gasteiger partial charge in [-0.3, -0.25) is 9.59 Å². The second-order valence-electron chi connectivity index (χ2n) is 3.31. The maximum absolute atomic E-state index is 10.8. The SMILES string of the molecule is CCCOP(O)(=S)N[C@@H](CCC(=O)O)C(=O)O. The van der Waals surface area contributed by atoms with Gasteiger partial charge in [0.05, 0.1) is 6.61 Å². The van der Waals surface area contributed by atoms with Gasteiger partial charge in [0.2, 0.25) is 0 Å². The van der Waals surface area contributed by atoms with E-state index in [1.165, 1.54) is 0 Å². The van der Waals surface area contributed by atoms with E-state index in [2.05, 4.69) is 5.09 Å². The van der Waals surface area contributed by atoms with Crippen LogP contribution in [0.1, 0.15) is 26.2 Å². The molecule has 0 spiro atoms. The summed E-state index contributed by atoms with van der Waals surface area (Å²) < 4.78 is 4.93. The Hall–Kier alpha value is -0.530. The lowest BCUT2D eigenvalue weighted by Gasteiger charge is -2.21. The fourth-order valence-corrected chi connectivity index (χ4v) is 2.70. The fourth-order valence-electron chi connectivity index (χ4n) is 0.960. The minimum atomic E-state index is -3.37. The Bertz CT molecular complexity index is 323. The molecule has 7 nitrogen and oxygen atoms in total. The van der Waals surface area contributed by atoms with Crippen molar-refractivity contribution in [2.75, 3.05) is 6.61 Å². The van der Waals surface area contributed by atoms with E-state index in [1.807, 2.05) is 6.92 Å². The maximum atomic E-state index is 10.8. The molecule has 1 unspecified atom stereocenters. The van der Waals surface area contributed by atoms with Crippen LogP contribution in [-0.2, 0) is 25.9 Å². The molecule has 4 N–H and O–H groups in total. The third-order valence-electron chi connectivity index (χ3n) is 1.73. The lowest BCUT2D eigenvalue weighted by molar-refractivity contribution is -0.140. The highest BCUT2D eigenvalue weighted by Crippen LogP contribution is 2.38. The first-order chi connectivity index (χ1) is 7.78. The van der Waals surface area contributed by atoms with Gasteiger partial charge in [-0.15, -0.1) is 0 Å². The summed E-state index contributed by atoms with van der Waals surface area (Å²) >= 11 is 4.71. The zero-order chi connectivity index (χ0) is 13.5. The van der Waals surface area contributed by atoms with Crippen LogP contribution in [0.2, 0.25) is 0 Å². The van der Waals surface area contributed by atoms with E-state index < -0.39 is 24.6 Å². The molecule has 0 saturated heterocycles. The highest BCUT2D eigenvalue weighted by molar-refractivity contribution is 8.08. The van der Waals surface area contributed by atoms with Gasteiger partial charge in [0, 0.05) is 6.42 Å². The van der Waals surface area contributed by atoms with Crippen molar-refractivity contribution < 1.29 is 29.2 Å². The van der Waals surface area contributed by atoms with Crippen molar-refractivity contribution in [2.45, 2.75) is 32.2 Å². The average Bonchev–Trinajstić information content (AvgIpc) is 2.20. The first-order valence-electron chi connectivity index (χ1n) is 4.98. The van der Waals surface area contributed by atoms with Gasteiger partial charge in [-0.2, -0.15) is 0 Å². The lowest BCUT2D eigenvalue weighted by Crippen LogP contribution is -2.35. The van der Waals surface area contributed by atoms with Crippen molar-refractivity contribution in [3.05, 3.63) is 0 Å². The number of hydrogen-bond acceptors (Lipinski definition) is 4. The van der Waals surface area contributed by atoms with E-state index >= 15 is 0 Å². The van der Waals surface area contributed by atoms with Crippen LogP contribution < -0.4 is 5.09 Å². The molecule has 0 aliphatic heterocycles. The number of hydrogen-bond donors (Lipinski definition) is 4. The van der Waals surface area contributed by atoms with Crippen LogP contribution in [0.25, 0.3) is 0 Å². The Balaban J connectivity index is 4.37. The van der Waals surface area contributed by atoms with E-state index in [1.54, 1.807) is 0 Å². The van der Waals surface area contributed by atoms with Crippen molar-refractivity contribution in [3.8, 4) is 0 Å². The topological polar surface area (TPSA) is 116 Å². The van der Waals surface area contributed by atoms with Gasteiger partial charge in [0.1, 0.15) is 6.04 Å². The van der Waals surface area contributed by atoms with Crippen LogP contribution in [0, 0.1) is 0 Å². The molecule has 0 aliphatic rings. The zero-order valence-corrected chi connectivity index (χ0v) is 11.0. The number of carboxylic acids is 2. The molecule has 0 aromatic carbocycles. The molecule has 0 fully saturated rings. The Kier molecular flexibility index (Phi) is 7.49. The van der Waals surface area contributed by atoms with Crippen LogP contribution in [0.5, 0.6) is 0 Å². The van der Waals surface area contributed by atoms with Crippen molar-refractivity contribution in [2.24, 2.45) is 0 Å². The summed E-state index contributed by atoms with van der Waals surface area (Å²) in [5.74, 6) is -2.38. The highest BCUT2D eigenvalue weighted by Gasteiger charge is 2.25. The third-order valence-corrected chi connectivity index (χ3v) is 3.54. The van der Waals surface area contributed by atoms with Crippen molar-refractivity contribution >= 4 is 30.4 Å². The van der Waals surface area contributed by atoms with E-state index in [-0.39, 0.29) is 19.4 Å².